The van der Waals surface area contributed by atoms with Gasteiger partial charge < -0.3 is 14.6 Å². The van der Waals surface area contributed by atoms with E-state index in [-0.39, 0.29) is 0 Å². The zero-order valence-electron chi connectivity index (χ0n) is 18.3. The average molecular weight is 510 g/mol. The van der Waals surface area contributed by atoms with Crippen LogP contribution in [0, 0.1) is 28.6 Å². The van der Waals surface area contributed by atoms with E-state index in [1.165, 1.54) is 0 Å². The van der Waals surface area contributed by atoms with Gasteiger partial charge in [0.05, 0.1) is 5.41 Å². The van der Waals surface area contributed by atoms with Gasteiger partial charge in [-0.05, 0) is 41.2 Å². The number of esters is 1. The highest BCUT2D eigenvalue weighted by Gasteiger charge is 2.77. The lowest BCUT2D eigenvalue weighted by Gasteiger charge is -2.24. The van der Waals surface area contributed by atoms with Crippen molar-refractivity contribution in [2.45, 2.75) is 30.5 Å². The molecule has 1 saturated carbocycles. The number of rotatable bonds is 6. The Hall–Kier alpha value is -2.39. The topological polar surface area (TPSA) is 72.8 Å². The van der Waals surface area contributed by atoms with E-state index >= 15 is 0 Å². The van der Waals surface area contributed by atoms with Crippen molar-refractivity contribution in [3.05, 3.63) is 60.2 Å². The molecule has 1 aliphatic rings. The number of hydrogen-bond acceptors (Lipinski definition) is 4. The zero-order chi connectivity index (χ0) is 24.4. The second kappa shape index (κ2) is 9.46. The van der Waals surface area contributed by atoms with Gasteiger partial charge in [-0.15, -0.1) is 0 Å². The molecule has 3 rings (SSSR count). The molecular weight excluding hydrogens is 487 g/mol. The van der Waals surface area contributed by atoms with Gasteiger partial charge in [0.15, 0.2) is 0 Å². The van der Waals surface area contributed by atoms with E-state index in [0.29, 0.717) is 11.5 Å². The molecule has 1 N–H and O–H groups in total. The van der Waals surface area contributed by atoms with Crippen LogP contribution < -0.4 is 4.74 Å². The predicted octanol–water partition coefficient (Wildman–Crippen LogP) is 6.23. The molecule has 0 radical (unpaired) electrons. The van der Waals surface area contributed by atoms with Crippen LogP contribution in [-0.4, -0.2) is 27.4 Å². The van der Waals surface area contributed by atoms with Crippen LogP contribution in [0.15, 0.2) is 54.6 Å². The Morgan fingerprint density at radius 3 is 2.33 bits per heavy atom. The number of halogens is 3. The largest absolute Gasteiger partial charge is 0.481 e. The van der Waals surface area contributed by atoms with E-state index in [1.54, 1.807) is 0 Å². The molecule has 0 spiro atoms. The summed E-state index contributed by atoms with van der Waals surface area (Å²) >= 11 is 16.7. The molecule has 0 saturated heterocycles. The van der Waals surface area contributed by atoms with E-state index in [2.05, 4.69) is 11.8 Å². The first-order valence-corrected chi connectivity index (χ1v) is 11.3. The summed E-state index contributed by atoms with van der Waals surface area (Å²) in [5.41, 5.74) is -1.11. The lowest BCUT2D eigenvalue weighted by atomic mass is 9.79. The molecule has 3 atom stereocenters. The van der Waals surface area contributed by atoms with Crippen LogP contribution in [0.25, 0.3) is 0 Å². The molecule has 1 fully saturated rings. The number of carboxylic acids is 1. The first-order valence-electron chi connectivity index (χ1n) is 10.2. The molecule has 174 valence electrons. The molecule has 1 aliphatic carbocycles. The second-order valence-electron chi connectivity index (χ2n) is 8.50. The molecule has 5 nitrogen and oxygen atoms in total. The maximum atomic E-state index is 12.5. The zero-order valence-corrected chi connectivity index (χ0v) is 20.5. The van der Waals surface area contributed by atoms with Gasteiger partial charge in [-0.1, -0.05) is 91.8 Å². The van der Waals surface area contributed by atoms with Crippen molar-refractivity contribution in [1.29, 1.82) is 0 Å². The van der Waals surface area contributed by atoms with Crippen LogP contribution in [0.4, 0.5) is 0 Å². The van der Waals surface area contributed by atoms with E-state index in [1.807, 2.05) is 75.4 Å². The van der Waals surface area contributed by atoms with Gasteiger partial charge in [-0.3, -0.25) is 4.79 Å². The Morgan fingerprint density at radius 1 is 1.09 bits per heavy atom. The van der Waals surface area contributed by atoms with Crippen LogP contribution in [-0.2, 0) is 14.3 Å². The molecular formula is C25H23Cl3O5. The Kier molecular flexibility index (Phi) is 7.24. The van der Waals surface area contributed by atoms with Gasteiger partial charge >= 0.3 is 11.9 Å². The van der Waals surface area contributed by atoms with Crippen molar-refractivity contribution in [1.82, 2.24) is 0 Å². The number of benzene rings is 2. The molecule has 8 heteroatoms. The minimum Gasteiger partial charge on any atom is -0.481 e. The molecule has 1 unspecified atom stereocenters. The predicted molar refractivity (Wildman–Crippen MR) is 128 cm³/mol. The fourth-order valence-corrected chi connectivity index (χ4v) is 4.70. The van der Waals surface area contributed by atoms with Gasteiger partial charge in [0, 0.05) is 11.8 Å². The van der Waals surface area contributed by atoms with Gasteiger partial charge in [0.2, 0.25) is 3.79 Å². The summed E-state index contributed by atoms with van der Waals surface area (Å²) in [7, 11) is 0. The summed E-state index contributed by atoms with van der Waals surface area (Å²) in [5.74, 6) is 3.57. The molecule has 33 heavy (non-hydrogen) atoms. The second-order valence-corrected chi connectivity index (χ2v) is 11.0. The fourth-order valence-electron chi connectivity index (χ4n) is 4.53. The van der Waals surface area contributed by atoms with Gasteiger partial charge in [0.25, 0.3) is 0 Å². The highest BCUT2D eigenvalue weighted by Crippen LogP contribution is 2.74. The quantitative estimate of drug-likeness (QED) is 0.216. The third-order valence-corrected chi connectivity index (χ3v) is 6.55. The molecule has 0 amide bonds. The monoisotopic (exact) mass is 508 g/mol. The first kappa shape index (κ1) is 25.2. The molecule has 2 aromatic carbocycles. The molecule has 0 bridgehead atoms. The van der Waals surface area contributed by atoms with Crippen molar-refractivity contribution < 1.29 is 24.2 Å². The molecule has 0 aromatic heterocycles. The van der Waals surface area contributed by atoms with Gasteiger partial charge in [0.1, 0.15) is 18.1 Å². The van der Waals surface area contributed by atoms with E-state index in [9.17, 15) is 14.7 Å². The van der Waals surface area contributed by atoms with Crippen LogP contribution in [0.3, 0.4) is 0 Å². The number of carboxylic acid groups (broad SMARTS) is 1. The van der Waals surface area contributed by atoms with Crippen molar-refractivity contribution in [2.75, 3.05) is 6.61 Å². The number of para-hydroxylation sites is 1. The molecule has 0 aliphatic heterocycles. The van der Waals surface area contributed by atoms with Crippen LogP contribution >= 0.6 is 34.8 Å². The van der Waals surface area contributed by atoms with Crippen LogP contribution in [0.5, 0.6) is 11.5 Å². The minimum atomic E-state index is -1.75. The molecule has 0 heterocycles. The summed E-state index contributed by atoms with van der Waals surface area (Å²) in [6, 6.07) is 16.6. The number of ether oxygens (including phenoxy) is 2. The number of carbonyl (C=O) groups is 2. The summed E-state index contributed by atoms with van der Waals surface area (Å²) in [5, 5.41) is 10.3. The van der Waals surface area contributed by atoms with Crippen molar-refractivity contribution in [3.8, 4) is 23.3 Å². The van der Waals surface area contributed by atoms with Gasteiger partial charge in [-0.2, -0.15) is 0 Å². The number of alkyl halides is 3. The first-order chi connectivity index (χ1) is 15.4. The smallest absolute Gasteiger partial charge is 0.384 e. The van der Waals surface area contributed by atoms with Crippen molar-refractivity contribution in [2.24, 2.45) is 16.7 Å². The van der Waals surface area contributed by atoms with Crippen LogP contribution in [0.1, 0.15) is 32.3 Å². The SMILES string of the molecule is CC(c1cccc(Oc2ccccc2)c1)[C@@]1(C(=O)O)[C@H](C#CC(=O)OCC(Cl)(Cl)Cl)C1(C)C. The third kappa shape index (κ3) is 5.24. The standard InChI is InChI=1S/C25H23Cl3O5/c1-16(17-8-7-11-19(14-17)33-18-9-5-4-6-10-18)25(22(30)31)20(23(25,2)3)12-13-21(29)32-15-24(26,27)28/h4-11,14,16,20H,15H2,1-3H3,(H,30,31)/t16?,20-,25+/m1/s1. The number of hydrogen-bond donors (Lipinski definition) is 1. The van der Waals surface area contributed by atoms with E-state index in [4.69, 9.17) is 44.3 Å². The summed E-state index contributed by atoms with van der Waals surface area (Å²) in [4.78, 5) is 24.5. The average Bonchev–Trinajstić information content (AvgIpc) is 3.26. The molecule has 2 aromatic rings. The number of carbonyl (C=O) groups excluding carboxylic acids is 1. The lowest BCUT2D eigenvalue weighted by molar-refractivity contribution is -0.146. The van der Waals surface area contributed by atoms with E-state index in [0.717, 1.165) is 5.56 Å². The van der Waals surface area contributed by atoms with Crippen LogP contribution in [0.2, 0.25) is 0 Å². The summed E-state index contributed by atoms with van der Waals surface area (Å²) in [6.07, 6.45) is 0. The Labute approximate surface area is 207 Å². The maximum absolute atomic E-state index is 12.5. The minimum absolute atomic E-state index is 0.416. The number of aliphatic carboxylic acids is 1. The maximum Gasteiger partial charge on any atom is 0.384 e. The Morgan fingerprint density at radius 2 is 1.73 bits per heavy atom. The Bertz CT molecular complexity index is 1100. The normalized spacial score (nSPS) is 21.8. The van der Waals surface area contributed by atoms with Gasteiger partial charge in [-0.25, -0.2) is 4.79 Å². The summed E-state index contributed by atoms with van der Waals surface area (Å²) < 4.78 is 8.98. The highest BCUT2D eigenvalue weighted by molar-refractivity contribution is 6.67. The van der Waals surface area contributed by atoms with Crippen molar-refractivity contribution in [3.63, 3.8) is 0 Å². The van der Waals surface area contributed by atoms with E-state index < -0.39 is 45.0 Å². The lowest BCUT2D eigenvalue weighted by Crippen LogP contribution is -2.28. The Balaban J connectivity index is 1.85. The fraction of sp³-hybridized carbons (Fsp3) is 0.360. The summed E-state index contributed by atoms with van der Waals surface area (Å²) in [6.45, 7) is 5.05. The van der Waals surface area contributed by atoms with Crippen molar-refractivity contribution >= 4 is 46.7 Å². The highest BCUT2D eigenvalue weighted by atomic mass is 35.6. The third-order valence-electron chi connectivity index (χ3n) is 6.22.